The van der Waals surface area contributed by atoms with E-state index < -0.39 is 5.91 Å². The van der Waals surface area contributed by atoms with Gasteiger partial charge in [-0.05, 0) is 49.4 Å². The fourth-order valence-corrected chi connectivity index (χ4v) is 4.58. The molecule has 3 N–H and O–H groups in total. The molecule has 0 bridgehead atoms. The Morgan fingerprint density at radius 3 is 2.50 bits per heavy atom. The first-order valence-corrected chi connectivity index (χ1v) is 11.8. The van der Waals surface area contributed by atoms with E-state index in [0.29, 0.717) is 47.8 Å². The molecule has 2 aliphatic rings. The molecule has 1 aromatic carbocycles. The molecule has 4 rings (SSSR count). The highest BCUT2D eigenvalue weighted by molar-refractivity contribution is 7.14. The Morgan fingerprint density at radius 1 is 1.12 bits per heavy atom. The third-order valence-electron chi connectivity index (χ3n) is 5.78. The van der Waals surface area contributed by atoms with Crippen molar-refractivity contribution in [3.63, 3.8) is 0 Å². The van der Waals surface area contributed by atoms with Crippen molar-refractivity contribution >= 4 is 45.7 Å². The summed E-state index contributed by atoms with van der Waals surface area (Å²) in [5.41, 5.74) is 0.484. The predicted molar refractivity (Wildman–Crippen MR) is 123 cm³/mol. The number of aromatic hydroxyl groups is 1. The third-order valence-corrected chi connectivity index (χ3v) is 6.84. The number of halogens is 1. The summed E-state index contributed by atoms with van der Waals surface area (Å²) in [5, 5.41) is 18.2. The smallest absolute Gasteiger partial charge is 0.260 e. The van der Waals surface area contributed by atoms with Crippen LogP contribution in [-0.2, 0) is 4.79 Å². The van der Waals surface area contributed by atoms with Gasteiger partial charge >= 0.3 is 0 Å². The van der Waals surface area contributed by atoms with Crippen LogP contribution in [0.2, 0.25) is 5.02 Å². The Hall–Kier alpha value is -2.62. The molecule has 0 radical (unpaired) electrons. The molecular weight excluding hydrogens is 452 g/mol. The minimum absolute atomic E-state index is 0.0422. The summed E-state index contributed by atoms with van der Waals surface area (Å²) in [6.07, 6.45) is 2.11. The number of hydrogen-bond acceptors (Lipinski definition) is 6. The van der Waals surface area contributed by atoms with Crippen molar-refractivity contribution in [1.82, 2.24) is 15.1 Å². The summed E-state index contributed by atoms with van der Waals surface area (Å²) < 4.78 is 0. The largest absolute Gasteiger partial charge is 0.507 e. The van der Waals surface area contributed by atoms with E-state index in [1.165, 1.54) is 29.5 Å². The van der Waals surface area contributed by atoms with Crippen LogP contribution < -0.4 is 10.6 Å². The fraction of sp³-hybridized carbons (Fsp3) is 0.409. The summed E-state index contributed by atoms with van der Waals surface area (Å²) in [5.74, 6) is -0.872. The van der Waals surface area contributed by atoms with Crippen LogP contribution in [0.15, 0.2) is 29.6 Å². The average Bonchev–Trinajstić information content (AvgIpc) is 3.47. The van der Waals surface area contributed by atoms with E-state index in [1.54, 1.807) is 16.3 Å². The zero-order valence-corrected chi connectivity index (χ0v) is 19.2. The van der Waals surface area contributed by atoms with Crippen LogP contribution in [0.4, 0.5) is 5.00 Å². The molecule has 2 fully saturated rings. The molecule has 2 heterocycles. The monoisotopic (exact) mass is 476 g/mol. The molecule has 2 aromatic rings. The molecule has 32 heavy (non-hydrogen) atoms. The second kappa shape index (κ2) is 9.48. The normalized spacial score (nSPS) is 17.6. The van der Waals surface area contributed by atoms with E-state index in [2.05, 4.69) is 15.5 Å². The van der Waals surface area contributed by atoms with Gasteiger partial charge in [-0.3, -0.25) is 19.3 Å². The van der Waals surface area contributed by atoms with Crippen LogP contribution in [0.1, 0.15) is 40.5 Å². The molecule has 1 aromatic heterocycles. The van der Waals surface area contributed by atoms with Crippen molar-refractivity contribution < 1.29 is 19.5 Å². The van der Waals surface area contributed by atoms with Gasteiger partial charge in [0.05, 0.1) is 17.2 Å². The second-order valence-electron chi connectivity index (χ2n) is 8.07. The molecule has 1 aliphatic carbocycles. The number of nitrogens with zero attached hydrogens (tertiary/aromatic N) is 2. The number of phenols is 1. The average molecular weight is 477 g/mol. The van der Waals surface area contributed by atoms with Crippen LogP contribution in [-0.4, -0.2) is 70.9 Å². The molecule has 10 heteroatoms. The summed E-state index contributed by atoms with van der Waals surface area (Å²) in [4.78, 5) is 41.8. The molecule has 0 spiro atoms. The standard InChI is InChI=1S/C22H25ClN4O4S/c1-13(19(29)24-15-3-4-15)26-7-9-27(10-8-26)22(31)17-6-11-32-21(17)25-20(30)16-5-2-14(23)12-18(16)28/h2,5-6,11-13,15,28H,3-4,7-10H2,1H3,(H,24,29)(H,25,30). The number of anilines is 1. The van der Waals surface area contributed by atoms with Crippen LogP contribution in [0.5, 0.6) is 5.75 Å². The zero-order valence-electron chi connectivity index (χ0n) is 17.6. The van der Waals surface area contributed by atoms with Gasteiger partial charge in [-0.1, -0.05) is 11.6 Å². The molecular formula is C22H25ClN4O4S. The van der Waals surface area contributed by atoms with Crippen LogP contribution in [0.3, 0.4) is 0 Å². The van der Waals surface area contributed by atoms with Crippen LogP contribution in [0.25, 0.3) is 0 Å². The Balaban J connectivity index is 1.36. The lowest BCUT2D eigenvalue weighted by molar-refractivity contribution is -0.126. The molecule has 1 saturated carbocycles. The Morgan fingerprint density at radius 2 is 1.84 bits per heavy atom. The summed E-state index contributed by atoms with van der Waals surface area (Å²) in [6, 6.07) is 6.03. The lowest BCUT2D eigenvalue weighted by atomic mass is 10.1. The van der Waals surface area contributed by atoms with Crippen molar-refractivity contribution in [2.24, 2.45) is 0 Å². The Kier molecular flexibility index (Phi) is 6.68. The first-order valence-electron chi connectivity index (χ1n) is 10.5. The number of carbonyl (C=O) groups is 3. The second-order valence-corrected chi connectivity index (χ2v) is 9.42. The number of thiophene rings is 1. The van der Waals surface area contributed by atoms with Crippen LogP contribution in [0, 0.1) is 0 Å². The molecule has 170 valence electrons. The molecule has 1 unspecified atom stereocenters. The van der Waals surface area contributed by atoms with E-state index in [-0.39, 0.29) is 29.2 Å². The number of carbonyl (C=O) groups excluding carboxylic acids is 3. The van der Waals surface area contributed by atoms with Crippen molar-refractivity contribution in [2.45, 2.75) is 31.8 Å². The summed E-state index contributed by atoms with van der Waals surface area (Å²) in [7, 11) is 0. The first kappa shape index (κ1) is 22.6. The lowest BCUT2D eigenvalue weighted by Crippen LogP contribution is -2.55. The van der Waals surface area contributed by atoms with Crippen molar-refractivity contribution in [3.8, 4) is 5.75 Å². The number of hydrogen-bond donors (Lipinski definition) is 3. The number of benzene rings is 1. The number of piperazine rings is 1. The molecule has 1 aliphatic heterocycles. The van der Waals surface area contributed by atoms with Gasteiger partial charge in [0, 0.05) is 37.2 Å². The first-order chi connectivity index (χ1) is 15.3. The summed E-state index contributed by atoms with van der Waals surface area (Å²) >= 11 is 7.07. The Bertz CT molecular complexity index is 1030. The van der Waals surface area contributed by atoms with Gasteiger partial charge in [0.1, 0.15) is 10.8 Å². The number of amides is 3. The zero-order chi connectivity index (χ0) is 22.8. The topological polar surface area (TPSA) is 102 Å². The molecule has 1 saturated heterocycles. The minimum atomic E-state index is -0.518. The molecule has 3 amide bonds. The highest BCUT2D eigenvalue weighted by Crippen LogP contribution is 2.28. The maximum absolute atomic E-state index is 13.1. The Labute approximate surface area is 195 Å². The number of phenolic OH excluding ortho intramolecular Hbond substituents is 1. The van der Waals surface area contributed by atoms with Gasteiger partial charge in [-0.25, -0.2) is 0 Å². The molecule has 1 atom stereocenters. The molecule has 8 nitrogen and oxygen atoms in total. The van der Waals surface area contributed by atoms with Gasteiger partial charge in [-0.2, -0.15) is 0 Å². The quantitative estimate of drug-likeness (QED) is 0.595. The van der Waals surface area contributed by atoms with Crippen molar-refractivity contribution in [2.75, 3.05) is 31.5 Å². The summed E-state index contributed by atoms with van der Waals surface area (Å²) in [6.45, 7) is 4.11. The van der Waals surface area contributed by atoms with Gasteiger partial charge < -0.3 is 20.6 Å². The highest BCUT2D eigenvalue weighted by atomic mass is 35.5. The van der Waals surface area contributed by atoms with E-state index in [9.17, 15) is 19.5 Å². The SMILES string of the molecule is CC(C(=O)NC1CC1)N1CCN(C(=O)c2ccsc2NC(=O)c2ccc(Cl)cc2O)CC1. The van der Waals surface area contributed by atoms with E-state index in [0.717, 1.165) is 12.8 Å². The highest BCUT2D eigenvalue weighted by Gasteiger charge is 2.31. The van der Waals surface area contributed by atoms with Crippen LogP contribution >= 0.6 is 22.9 Å². The van der Waals surface area contributed by atoms with Gasteiger partial charge in [0.15, 0.2) is 0 Å². The van der Waals surface area contributed by atoms with Gasteiger partial charge in [0.2, 0.25) is 5.91 Å². The maximum Gasteiger partial charge on any atom is 0.260 e. The lowest BCUT2D eigenvalue weighted by Gasteiger charge is -2.37. The van der Waals surface area contributed by atoms with Crippen molar-refractivity contribution in [1.29, 1.82) is 0 Å². The van der Waals surface area contributed by atoms with E-state index in [4.69, 9.17) is 11.6 Å². The van der Waals surface area contributed by atoms with E-state index in [1.807, 2.05) is 6.92 Å². The van der Waals surface area contributed by atoms with Gasteiger partial charge in [-0.15, -0.1) is 11.3 Å². The fourth-order valence-electron chi connectivity index (χ4n) is 3.64. The van der Waals surface area contributed by atoms with Crippen molar-refractivity contribution in [3.05, 3.63) is 45.8 Å². The number of rotatable bonds is 6. The third kappa shape index (κ3) is 5.06. The maximum atomic E-state index is 13.1. The van der Waals surface area contributed by atoms with E-state index >= 15 is 0 Å². The number of nitrogens with one attached hydrogen (secondary N) is 2. The predicted octanol–water partition coefficient (Wildman–Crippen LogP) is 2.78. The van der Waals surface area contributed by atoms with Gasteiger partial charge in [0.25, 0.3) is 11.8 Å². The minimum Gasteiger partial charge on any atom is -0.507 e.